The van der Waals surface area contributed by atoms with Gasteiger partial charge in [-0.3, -0.25) is 4.79 Å². The summed E-state index contributed by atoms with van der Waals surface area (Å²) >= 11 is 0. The monoisotopic (exact) mass is 424 g/mol. The van der Waals surface area contributed by atoms with Crippen LogP contribution in [0.2, 0.25) is 0 Å². The zero-order chi connectivity index (χ0) is 21.4. The number of nitrogens with one attached hydrogen (secondary N) is 2. The summed E-state index contributed by atoms with van der Waals surface area (Å²) in [6.07, 6.45) is 0.824. The van der Waals surface area contributed by atoms with Crippen LogP contribution in [0, 0.1) is 0 Å². The Bertz CT molecular complexity index is 1060. The first kappa shape index (κ1) is 21.5. The van der Waals surface area contributed by atoms with Crippen LogP contribution in [-0.4, -0.2) is 28.0 Å². The van der Waals surface area contributed by atoms with Crippen molar-refractivity contribution in [2.75, 3.05) is 19.0 Å². The van der Waals surface area contributed by atoms with Crippen molar-refractivity contribution in [3.05, 3.63) is 90.0 Å². The fraction of sp³-hybridized carbons (Fsp3) is 0.174. The highest BCUT2D eigenvalue weighted by Gasteiger charge is 2.13. The molecule has 3 aromatic carbocycles. The van der Waals surface area contributed by atoms with Crippen LogP contribution in [0.15, 0.2) is 83.8 Å². The SMILES string of the molecule is COc1ccc(CC(=O)Nc2ccc(S(=O)(=O)NCCc3ccccc3)cc2)cc1. The number of carbonyl (C=O) groups excluding carboxylic acids is 1. The molecular formula is C23H24N2O4S. The molecule has 0 heterocycles. The Labute approximate surface area is 177 Å². The lowest BCUT2D eigenvalue weighted by Crippen LogP contribution is -2.26. The third-order valence-electron chi connectivity index (χ3n) is 4.52. The Hall–Kier alpha value is -3.16. The molecule has 0 radical (unpaired) electrons. The summed E-state index contributed by atoms with van der Waals surface area (Å²) in [5.41, 5.74) is 2.46. The summed E-state index contributed by atoms with van der Waals surface area (Å²) in [6, 6.07) is 23.1. The van der Waals surface area contributed by atoms with Crippen LogP contribution in [-0.2, 0) is 27.7 Å². The number of hydrogen-bond acceptors (Lipinski definition) is 4. The first-order chi connectivity index (χ1) is 14.5. The van der Waals surface area contributed by atoms with E-state index in [1.54, 1.807) is 31.4 Å². The van der Waals surface area contributed by atoms with Gasteiger partial charge in [0.05, 0.1) is 18.4 Å². The van der Waals surface area contributed by atoms with E-state index in [1.807, 2.05) is 42.5 Å². The van der Waals surface area contributed by atoms with E-state index < -0.39 is 10.0 Å². The van der Waals surface area contributed by atoms with Crippen LogP contribution in [0.3, 0.4) is 0 Å². The first-order valence-corrected chi connectivity index (χ1v) is 11.0. The molecule has 3 rings (SSSR count). The quantitative estimate of drug-likeness (QED) is 0.551. The van der Waals surface area contributed by atoms with Crippen molar-refractivity contribution in [3.8, 4) is 5.75 Å². The Morgan fingerprint density at radius 2 is 1.53 bits per heavy atom. The topological polar surface area (TPSA) is 84.5 Å². The second-order valence-corrected chi connectivity index (χ2v) is 8.50. The van der Waals surface area contributed by atoms with E-state index in [0.29, 0.717) is 18.7 Å². The summed E-state index contributed by atoms with van der Waals surface area (Å²) in [5, 5.41) is 2.78. The van der Waals surface area contributed by atoms with E-state index in [9.17, 15) is 13.2 Å². The average Bonchev–Trinajstić information content (AvgIpc) is 2.75. The van der Waals surface area contributed by atoms with Crippen LogP contribution in [0.25, 0.3) is 0 Å². The molecule has 0 fully saturated rings. The Morgan fingerprint density at radius 1 is 0.867 bits per heavy atom. The normalized spacial score (nSPS) is 11.1. The summed E-state index contributed by atoms with van der Waals surface area (Å²) in [6.45, 7) is 0.312. The van der Waals surface area contributed by atoms with Gasteiger partial charge in [0.25, 0.3) is 0 Å². The van der Waals surface area contributed by atoms with Gasteiger partial charge in [0.1, 0.15) is 5.75 Å². The zero-order valence-electron chi connectivity index (χ0n) is 16.7. The van der Waals surface area contributed by atoms with Gasteiger partial charge in [-0.05, 0) is 53.9 Å². The van der Waals surface area contributed by atoms with Crippen LogP contribution >= 0.6 is 0 Å². The minimum absolute atomic E-state index is 0.156. The van der Waals surface area contributed by atoms with Crippen molar-refractivity contribution in [2.45, 2.75) is 17.7 Å². The van der Waals surface area contributed by atoms with Crippen LogP contribution in [0.5, 0.6) is 5.75 Å². The second-order valence-electron chi connectivity index (χ2n) is 6.73. The molecule has 0 bridgehead atoms. The molecule has 0 saturated heterocycles. The van der Waals surface area contributed by atoms with Gasteiger partial charge in [0.15, 0.2) is 0 Å². The van der Waals surface area contributed by atoms with E-state index in [2.05, 4.69) is 10.0 Å². The van der Waals surface area contributed by atoms with Crippen molar-refractivity contribution >= 4 is 21.6 Å². The van der Waals surface area contributed by atoms with E-state index in [0.717, 1.165) is 16.9 Å². The minimum atomic E-state index is -3.61. The van der Waals surface area contributed by atoms with Crippen molar-refractivity contribution < 1.29 is 17.9 Å². The molecule has 0 spiro atoms. The van der Waals surface area contributed by atoms with E-state index >= 15 is 0 Å². The van der Waals surface area contributed by atoms with Gasteiger partial charge >= 0.3 is 0 Å². The van der Waals surface area contributed by atoms with Crippen molar-refractivity contribution in [1.29, 1.82) is 0 Å². The van der Waals surface area contributed by atoms with Gasteiger partial charge in [-0.2, -0.15) is 0 Å². The zero-order valence-corrected chi connectivity index (χ0v) is 17.5. The lowest BCUT2D eigenvalue weighted by molar-refractivity contribution is -0.115. The smallest absolute Gasteiger partial charge is 0.240 e. The third-order valence-corrected chi connectivity index (χ3v) is 6.00. The van der Waals surface area contributed by atoms with Crippen molar-refractivity contribution in [1.82, 2.24) is 4.72 Å². The van der Waals surface area contributed by atoms with Gasteiger partial charge in [-0.25, -0.2) is 13.1 Å². The molecule has 0 unspecified atom stereocenters. The van der Waals surface area contributed by atoms with Crippen molar-refractivity contribution in [2.24, 2.45) is 0 Å². The largest absolute Gasteiger partial charge is 0.497 e. The number of rotatable bonds is 9. The summed E-state index contributed by atoms with van der Waals surface area (Å²) in [4.78, 5) is 12.4. The molecular weight excluding hydrogens is 400 g/mol. The average molecular weight is 425 g/mol. The molecule has 0 aliphatic carbocycles. The molecule has 30 heavy (non-hydrogen) atoms. The lowest BCUT2D eigenvalue weighted by Gasteiger charge is -2.09. The minimum Gasteiger partial charge on any atom is -0.497 e. The summed E-state index contributed by atoms with van der Waals surface area (Å²) in [5.74, 6) is 0.546. The molecule has 0 atom stereocenters. The Kier molecular flexibility index (Phi) is 7.21. The summed E-state index contributed by atoms with van der Waals surface area (Å²) < 4.78 is 32.6. The van der Waals surface area contributed by atoms with E-state index in [-0.39, 0.29) is 17.2 Å². The molecule has 156 valence electrons. The standard InChI is InChI=1S/C23H24N2O4S/c1-29-21-11-7-19(8-12-21)17-23(26)25-20-9-13-22(14-10-20)30(27,28)24-16-15-18-5-3-2-4-6-18/h2-14,24H,15-17H2,1H3,(H,25,26). The number of amides is 1. The highest BCUT2D eigenvalue weighted by Crippen LogP contribution is 2.16. The number of ether oxygens (including phenoxy) is 1. The molecule has 1 amide bonds. The Morgan fingerprint density at radius 3 is 2.17 bits per heavy atom. The molecule has 0 saturated carbocycles. The number of benzene rings is 3. The molecule has 2 N–H and O–H groups in total. The van der Waals surface area contributed by atoms with Gasteiger partial charge < -0.3 is 10.1 Å². The van der Waals surface area contributed by atoms with Crippen molar-refractivity contribution in [3.63, 3.8) is 0 Å². The number of methoxy groups -OCH3 is 1. The maximum absolute atomic E-state index is 12.4. The predicted octanol–water partition coefficient (Wildman–Crippen LogP) is 3.40. The molecule has 0 aliphatic rings. The molecule has 6 nitrogen and oxygen atoms in total. The first-order valence-electron chi connectivity index (χ1n) is 9.53. The maximum atomic E-state index is 12.4. The second kappa shape index (κ2) is 10.0. The van der Waals surface area contributed by atoms with E-state index in [1.165, 1.54) is 12.1 Å². The third kappa shape index (κ3) is 6.17. The van der Waals surface area contributed by atoms with Crippen LogP contribution in [0.1, 0.15) is 11.1 Å². The van der Waals surface area contributed by atoms with Gasteiger partial charge in [-0.1, -0.05) is 42.5 Å². The van der Waals surface area contributed by atoms with Gasteiger partial charge in [0, 0.05) is 12.2 Å². The number of hydrogen-bond donors (Lipinski definition) is 2. The lowest BCUT2D eigenvalue weighted by atomic mass is 10.1. The van der Waals surface area contributed by atoms with Crippen LogP contribution in [0.4, 0.5) is 5.69 Å². The molecule has 0 aliphatic heterocycles. The number of sulfonamides is 1. The van der Waals surface area contributed by atoms with E-state index in [4.69, 9.17) is 4.74 Å². The molecule has 0 aromatic heterocycles. The summed E-state index contributed by atoms with van der Waals surface area (Å²) in [7, 11) is -2.02. The number of anilines is 1. The molecule has 7 heteroatoms. The highest BCUT2D eigenvalue weighted by atomic mass is 32.2. The molecule has 3 aromatic rings. The van der Waals surface area contributed by atoms with Gasteiger partial charge in [0.2, 0.25) is 15.9 Å². The number of carbonyl (C=O) groups is 1. The van der Waals surface area contributed by atoms with Gasteiger partial charge in [-0.15, -0.1) is 0 Å². The fourth-order valence-corrected chi connectivity index (χ4v) is 3.94. The maximum Gasteiger partial charge on any atom is 0.240 e. The predicted molar refractivity (Wildman–Crippen MR) is 117 cm³/mol. The highest BCUT2D eigenvalue weighted by molar-refractivity contribution is 7.89. The Balaban J connectivity index is 1.53. The van der Waals surface area contributed by atoms with Crippen LogP contribution < -0.4 is 14.8 Å². The fourth-order valence-electron chi connectivity index (χ4n) is 2.91.